The Morgan fingerprint density at radius 1 is 1.09 bits per heavy atom. The lowest BCUT2D eigenvalue weighted by Crippen LogP contribution is -2.20. The second-order valence-electron chi connectivity index (χ2n) is 8.71. The SMILES string of the molecule is CC(/C=N\NC(=O)CSc1nnc(-c2ccc(C)cc2)n1C1CCCCC1)=C\c1ccccc1. The van der Waals surface area contributed by atoms with E-state index in [1.165, 1.54) is 36.6 Å². The van der Waals surface area contributed by atoms with Crippen LogP contribution in [0.2, 0.25) is 0 Å². The van der Waals surface area contributed by atoms with Crippen LogP contribution in [-0.4, -0.2) is 32.6 Å². The molecule has 176 valence electrons. The summed E-state index contributed by atoms with van der Waals surface area (Å²) in [4.78, 5) is 12.4. The fourth-order valence-electron chi connectivity index (χ4n) is 4.16. The van der Waals surface area contributed by atoms with Gasteiger partial charge in [0.05, 0.1) is 12.0 Å². The van der Waals surface area contributed by atoms with Crippen LogP contribution in [0.4, 0.5) is 0 Å². The number of carbonyl (C=O) groups excluding carboxylic acids is 1. The van der Waals surface area contributed by atoms with Gasteiger partial charge in [-0.15, -0.1) is 10.2 Å². The Morgan fingerprint density at radius 3 is 2.56 bits per heavy atom. The molecule has 1 aliphatic carbocycles. The van der Waals surface area contributed by atoms with Crippen LogP contribution in [0, 0.1) is 6.92 Å². The molecule has 0 atom stereocenters. The highest BCUT2D eigenvalue weighted by molar-refractivity contribution is 7.99. The van der Waals surface area contributed by atoms with E-state index in [0.717, 1.165) is 40.5 Å². The standard InChI is InChI=1S/C27H31N5OS/c1-20-13-15-23(16-14-20)26-30-31-27(32(26)24-11-7-4-8-12-24)34-19-25(33)29-28-18-21(2)17-22-9-5-3-6-10-22/h3,5-6,9-10,13-18,24H,4,7-8,11-12,19H2,1-2H3,(H,29,33)/b21-17+,28-18-. The zero-order valence-corrected chi connectivity index (χ0v) is 20.6. The quantitative estimate of drug-likeness (QED) is 0.245. The second kappa shape index (κ2) is 11.8. The van der Waals surface area contributed by atoms with E-state index in [4.69, 9.17) is 0 Å². The zero-order valence-electron chi connectivity index (χ0n) is 19.8. The van der Waals surface area contributed by atoms with E-state index >= 15 is 0 Å². The number of benzene rings is 2. The maximum absolute atomic E-state index is 12.4. The van der Waals surface area contributed by atoms with E-state index < -0.39 is 0 Å². The Morgan fingerprint density at radius 2 is 1.82 bits per heavy atom. The number of rotatable bonds is 8. The highest BCUT2D eigenvalue weighted by atomic mass is 32.2. The van der Waals surface area contributed by atoms with Crippen molar-refractivity contribution in [3.05, 3.63) is 71.3 Å². The number of allylic oxidation sites excluding steroid dienone is 1. The minimum Gasteiger partial charge on any atom is -0.299 e. The number of nitrogens with one attached hydrogen (secondary N) is 1. The Bertz CT molecular complexity index is 1150. The molecule has 1 N–H and O–H groups in total. The van der Waals surface area contributed by atoms with Gasteiger partial charge in [0.2, 0.25) is 0 Å². The molecule has 1 aliphatic rings. The Kier molecular flexibility index (Phi) is 8.31. The van der Waals surface area contributed by atoms with Crippen molar-refractivity contribution >= 4 is 30.0 Å². The molecule has 1 heterocycles. The molecule has 0 unspecified atom stereocenters. The van der Waals surface area contributed by atoms with Crippen LogP contribution in [0.15, 0.2) is 70.4 Å². The monoisotopic (exact) mass is 473 g/mol. The third kappa shape index (κ3) is 6.44. The highest BCUT2D eigenvalue weighted by Gasteiger charge is 2.24. The molecule has 0 bridgehead atoms. The van der Waals surface area contributed by atoms with E-state index in [1.54, 1.807) is 6.21 Å². The number of aryl methyl sites for hydroxylation is 1. The Balaban J connectivity index is 1.41. The molecule has 0 spiro atoms. The van der Waals surface area contributed by atoms with Crippen LogP contribution >= 0.6 is 11.8 Å². The van der Waals surface area contributed by atoms with Gasteiger partial charge in [-0.2, -0.15) is 5.10 Å². The van der Waals surface area contributed by atoms with Crippen molar-refractivity contribution in [3.8, 4) is 11.4 Å². The second-order valence-corrected chi connectivity index (χ2v) is 9.66. The number of hydrazone groups is 1. The lowest BCUT2D eigenvalue weighted by atomic mass is 9.95. The van der Waals surface area contributed by atoms with Crippen LogP contribution < -0.4 is 5.43 Å². The van der Waals surface area contributed by atoms with E-state index in [1.807, 2.05) is 43.3 Å². The van der Waals surface area contributed by atoms with Crippen molar-refractivity contribution in [1.82, 2.24) is 20.2 Å². The summed E-state index contributed by atoms with van der Waals surface area (Å²) in [6.07, 6.45) is 9.62. The van der Waals surface area contributed by atoms with Gasteiger partial charge < -0.3 is 0 Å². The number of nitrogens with zero attached hydrogens (tertiary/aromatic N) is 4. The molecule has 1 aromatic heterocycles. The summed E-state index contributed by atoms with van der Waals surface area (Å²) >= 11 is 1.42. The fourth-order valence-corrected chi connectivity index (χ4v) is 4.96. The first-order valence-electron chi connectivity index (χ1n) is 11.8. The topological polar surface area (TPSA) is 72.2 Å². The summed E-state index contributed by atoms with van der Waals surface area (Å²) in [6.45, 7) is 4.04. The molecular weight excluding hydrogens is 442 g/mol. The summed E-state index contributed by atoms with van der Waals surface area (Å²) in [6, 6.07) is 18.8. The molecular formula is C27H31N5OS. The molecule has 1 saturated carbocycles. The zero-order chi connectivity index (χ0) is 23.8. The Hall–Kier alpha value is -3.19. The number of thioether (sulfide) groups is 1. The van der Waals surface area contributed by atoms with Gasteiger partial charge in [-0.05, 0) is 37.8 Å². The van der Waals surface area contributed by atoms with Crippen molar-refractivity contribution in [1.29, 1.82) is 0 Å². The van der Waals surface area contributed by atoms with Crippen molar-refractivity contribution in [2.24, 2.45) is 5.10 Å². The van der Waals surface area contributed by atoms with Gasteiger partial charge in [0, 0.05) is 11.6 Å². The normalized spacial score (nSPS) is 15.1. The van der Waals surface area contributed by atoms with Crippen LogP contribution in [0.5, 0.6) is 0 Å². The molecule has 1 fully saturated rings. The van der Waals surface area contributed by atoms with Gasteiger partial charge in [-0.3, -0.25) is 9.36 Å². The molecule has 0 aliphatic heterocycles. The lowest BCUT2D eigenvalue weighted by Gasteiger charge is -2.25. The van der Waals surface area contributed by atoms with Crippen LogP contribution in [0.3, 0.4) is 0 Å². The van der Waals surface area contributed by atoms with Crippen molar-refractivity contribution in [3.63, 3.8) is 0 Å². The first-order chi connectivity index (χ1) is 16.6. The lowest BCUT2D eigenvalue weighted by molar-refractivity contribution is -0.118. The largest absolute Gasteiger partial charge is 0.299 e. The summed E-state index contributed by atoms with van der Waals surface area (Å²) in [5.41, 5.74) is 6.96. The summed E-state index contributed by atoms with van der Waals surface area (Å²) in [5, 5.41) is 13.9. The smallest absolute Gasteiger partial charge is 0.250 e. The maximum Gasteiger partial charge on any atom is 0.250 e. The number of aromatic nitrogens is 3. The van der Waals surface area contributed by atoms with Gasteiger partial charge in [0.15, 0.2) is 11.0 Å². The molecule has 2 aromatic carbocycles. The van der Waals surface area contributed by atoms with E-state index in [-0.39, 0.29) is 11.7 Å². The number of hydrogen-bond acceptors (Lipinski definition) is 5. The molecule has 0 radical (unpaired) electrons. The minimum atomic E-state index is -0.163. The van der Waals surface area contributed by atoms with Crippen LogP contribution in [0.1, 0.15) is 56.2 Å². The first kappa shape index (κ1) is 24.0. The summed E-state index contributed by atoms with van der Waals surface area (Å²) in [5.74, 6) is 0.954. The molecule has 4 rings (SSSR count). The van der Waals surface area contributed by atoms with E-state index in [9.17, 15) is 4.79 Å². The first-order valence-corrected chi connectivity index (χ1v) is 12.8. The third-order valence-corrected chi connectivity index (χ3v) is 6.84. The van der Waals surface area contributed by atoms with E-state index in [2.05, 4.69) is 56.5 Å². The molecule has 1 amide bonds. The predicted molar refractivity (Wildman–Crippen MR) is 140 cm³/mol. The third-order valence-electron chi connectivity index (χ3n) is 5.90. The molecule has 6 nitrogen and oxygen atoms in total. The fraction of sp³-hybridized carbons (Fsp3) is 0.333. The minimum absolute atomic E-state index is 0.163. The summed E-state index contributed by atoms with van der Waals surface area (Å²) < 4.78 is 2.25. The average molecular weight is 474 g/mol. The van der Waals surface area contributed by atoms with Crippen LogP contribution in [-0.2, 0) is 4.79 Å². The molecule has 3 aromatic rings. The van der Waals surface area contributed by atoms with Gasteiger partial charge >= 0.3 is 0 Å². The number of amides is 1. The van der Waals surface area contributed by atoms with Gasteiger partial charge in [0.1, 0.15) is 0 Å². The average Bonchev–Trinajstić information content (AvgIpc) is 3.28. The number of hydrogen-bond donors (Lipinski definition) is 1. The molecule has 7 heteroatoms. The van der Waals surface area contributed by atoms with Crippen molar-refractivity contribution in [2.75, 3.05) is 5.75 Å². The summed E-state index contributed by atoms with van der Waals surface area (Å²) in [7, 11) is 0. The van der Waals surface area contributed by atoms with Crippen molar-refractivity contribution < 1.29 is 4.79 Å². The highest BCUT2D eigenvalue weighted by Crippen LogP contribution is 2.35. The van der Waals surface area contributed by atoms with Gasteiger partial charge in [0.25, 0.3) is 5.91 Å². The van der Waals surface area contributed by atoms with Gasteiger partial charge in [-0.1, -0.05) is 97.3 Å². The van der Waals surface area contributed by atoms with Gasteiger partial charge in [-0.25, -0.2) is 5.43 Å². The molecule has 34 heavy (non-hydrogen) atoms. The maximum atomic E-state index is 12.4. The van der Waals surface area contributed by atoms with Crippen molar-refractivity contribution in [2.45, 2.75) is 57.1 Å². The van der Waals surface area contributed by atoms with E-state index in [0.29, 0.717) is 6.04 Å². The molecule has 0 saturated heterocycles. The van der Waals surface area contributed by atoms with Crippen LogP contribution in [0.25, 0.3) is 17.5 Å². The predicted octanol–water partition coefficient (Wildman–Crippen LogP) is 6.06. The Labute approximate surface area is 205 Å². The number of carbonyl (C=O) groups is 1.